The van der Waals surface area contributed by atoms with E-state index in [9.17, 15) is 8.78 Å². The first-order valence-corrected chi connectivity index (χ1v) is 7.01. The van der Waals surface area contributed by atoms with Crippen LogP contribution in [0.1, 0.15) is 49.7 Å². The number of nitrogens with two attached hydrogens (primary N) is 1. The molecule has 1 aliphatic rings. The van der Waals surface area contributed by atoms with Gasteiger partial charge in [0, 0.05) is 12.3 Å². The van der Waals surface area contributed by atoms with Crippen LogP contribution in [-0.4, -0.2) is 34.6 Å². The molecule has 0 saturated heterocycles. The summed E-state index contributed by atoms with van der Waals surface area (Å²) in [6, 6.07) is 0. The molecule has 0 atom stereocenters. The molecular formula is C13H20F2N4O. The molecule has 2 N–H and O–H groups in total. The van der Waals surface area contributed by atoms with Crippen LogP contribution in [0.3, 0.4) is 0 Å². The standard InChI is InChI=1S/C13H20F2N4O/c14-10(15)8-20-7-6-11-17-12(19-13(16)18-11)9-4-2-1-3-5-9/h9-10H,1-8H2,(H2,16,17,18,19). The Balaban J connectivity index is 1.93. The Kier molecular flexibility index (Phi) is 5.58. The van der Waals surface area contributed by atoms with Crippen molar-refractivity contribution in [3.63, 3.8) is 0 Å². The summed E-state index contributed by atoms with van der Waals surface area (Å²) >= 11 is 0. The Labute approximate surface area is 117 Å². The molecule has 0 aliphatic heterocycles. The van der Waals surface area contributed by atoms with E-state index in [1.807, 2.05) is 0 Å². The van der Waals surface area contributed by atoms with Crippen LogP contribution in [0.2, 0.25) is 0 Å². The molecule has 1 aromatic heterocycles. The first-order chi connectivity index (χ1) is 9.65. The third kappa shape index (κ3) is 4.63. The monoisotopic (exact) mass is 286 g/mol. The fourth-order valence-corrected chi connectivity index (χ4v) is 2.45. The molecule has 0 aromatic carbocycles. The van der Waals surface area contributed by atoms with Gasteiger partial charge in [-0.05, 0) is 12.8 Å². The van der Waals surface area contributed by atoms with Crippen molar-refractivity contribution in [2.75, 3.05) is 18.9 Å². The molecule has 2 rings (SSSR count). The predicted molar refractivity (Wildman–Crippen MR) is 70.6 cm³/mol. The number of halogens is 2. The quantitative estimate of drug-likeness (QED) is 0.812. The van der Waals surface area contributed by atoms with Crippen LogP contribution < -0.4 is 5.73 Å². The van der Waals surface area contributed by atoms with Gasteiger partial charge in [-0.1, -0.05) is 19.3 Å². The Bertz CT molecular complexity index is 425. The van der Waals surface area contributed by atoms with E-state index in [-0.39, 0.29) is 12.6 Å². The molecule has 1 aromatic rings. The first kappa shape index (κ1) is 15.0. The van der Waals surface area contributed by atoms with Gasteiger partial charge in [-0.3, -0.25) is 0 Å². The minimum atomic E-state index is -2.45. The van der Waals surface area contributed by atoms with Crippen LogP contribution in [0, 0.1) is 0 Å². The molecule has 0 unspecified atom stereocenters. The third-order valence-corrected chi connectivity index (χ3v) is 3.40. The molecule has 1 fully saturated rings. The summed E-state index contributed by atoms with van der Waals surface area (Å²) in [5.74, 6) is 1.80. The van der Waals surface area contributed by atoms with E-state index >= 15 is 0 Å². The average molecular weight is 286 g/mol. The van der Waals surface area contributed by atoms with Crippen LogP contribution in [-0.2, 0) is 11.2 Å². The van der Waals surface area contributed by atoms with Crippen molar-refractivity contribution in [3.05, 3.63) is 11.6 Å². The van der Waals surface area contributed by atoms with Crippen LogP contribution in [0.4, 0.5) is 14.7 Å². The summed E-state index contributed by atoms with van der Waals surface area (Å²) in [6.07, 6.45) is 3.70. The van der Waals surface area contributed by atoms with Gasteiger partial charge < -0.3 is 10.5 Å². The lowest BCUT2D eigenvalue weighted by Gasteiger charge is -2.20. The topological polar surface area (TPSA) is 73.9 Å². The highest BCUT2D eigenvalue weighted by Crippen LogP contribution is 2.30. The van der Waals surface area contributed by atoms with Gasteiger partial charge in [-0.15, -0.1) is 0 Å². The zero-order valence-corrected chi connectivity index (χ0v) is 11.4. The Morgan fingerprint density at radius 3 is 2.60 bits per heavy atom. The maximum Gasteiger partial charge on any atom is 0.261 e. The van der Waals surface area contributed by atoms with Gasteiger partial charge in [0.1, 0.15) is 18.3 Å². The highest BCUT2D eigenvalue weighted by molar-refractivity contribution is 5.17. The molecule has 0 amide bonds. The Hall–Kier alpha value is -1.37. The number of rotatable bonds is 6. The van der Waals surface area contributed by atoms with Gasteiger partial charge in [0.05, 0.1) is 6.61 Å². The molecule has 112 valence electrons. The van der Waals surface area contributed by atoms with E-state index in [1.54, 1.807) is 0 Å². The van der Waals surface area contributed by atoms with Crippen molar-refractivity contribution in [2.45, 2.75) is 50.9 Å². The molecule has 20 heavy (non-hydrogen) atoms. The molecule has 0 bridgehead atoms. The second-order valence-corrected chi connectivity index (χ2v) is 5.02. The minimum Gasteiger partial charge on any atom is -0.375 e. The number of hydrogen-bond donors (Lipinski definition) is 1. The van der Waals surface area contributed by atoms with Gasteiger partial charge in [-0.2, -0.15) is 9.97 Å². The number of ether oxygens (including phenoxy) is 1. The molecule has 1 aliphatic carbocycles. The second-order valence-electron chi connectivity index (χ2n) is 5.02. The molecule has 1 saturated carbocycles. The summed E-state index contributed by atoms with van der Waals surface area (Å²) < 4.78 is 28.7. The maximum atomic E-state index is 11.9. The zero-order chi connectivity index (χ0) is 14.4. The number of anilines is 1. The predicted octanol–water partition coefficient (Wildman–Crippen LogP) is 2.33. The van der Waals surface area contributed by atoms with Gasteiger partial charge >= 0.3 is 0 Å². The van der Waals surface area contributed by atoms with Crippen LogP contribution in [0.25, 0.3) is 0 Å². The number of aromatic nitrogens is 3. The van der Waals surface area contributed by atoms with Gasteiger partial charge in [0.15, 0.2) is 0 Å². The summed E-state index contributed by atoms with van der Waals surface area (Å²) in [5.41, 5.74) is 5.70. The fourth-order valence-electron chi connectivity index (χ4n) is 2.45. The maximum absolute atomic E-state index is 11.9. The number of nitrogens with zero attached hydrogens (tertiary/aromatic N) is 3. The first-order valence-electron chi connectivity index (χ1n) is 7.01. The Morgan fingerprint density at radius 1 is 1.15 bits per heavy atom. The molecule has 0 spiro atoms. The number of alkyl halides is 2. The van der Waals surface area contributed by atoms with Crippen molar-refractivity contribution in [1.29, 1.82) is 0 Å². The zero-order valence-electron chi connectivity index (χ0n) is 11.4. The fraction of sp³-hybridized carbons (Fsp3) is 0.769. The SMILES string of the molecule is Nc1nc(CCOCC(F)F)nc(C2CCCCC2)n1. The van der Waals surface area contributed by atoms with Crippen molar-refractivity contribution in [2.24, 2.45) is 0 Å². The highest BCUT2D eigenvalue weighted by atomic mass is 19.3. The summed E-state index contributed by atoms with van der Waals surface area (Å²) in [6.45, 7) is -0.395. The van der Waals surface area contributed by atoms with E-state index < -0.39 is 13.0 Å². The molecule has 5 nitrogen and oxygen atoms in total. The second kappa shape index (κ2) is 7.42. The smallest absolute Gasteiger partial charge is 0.261 e. The lowest BCUT2D eigenvalue weighted by atomic mass is 9.89. The molecule has 0 radical (unpaired) electrons. The van der Waals surface area contributed by atoms with Crippen molar-refractivity contribution >= 4 is 5.95 Å². The summed E-state index contributed by atoms with van der Waals surface area (Å²) in [7, 11) is 0. The molecular weight excluding hydrogens is 266 g/mol. The normalized spacial score (nSPS) is 16.8. The molecule has 7 heteroatoms. The van der Waals surface area contributed by atoms with E-state index in [4.69, 9.17) is 10.5 Å². The third-order valence-electron chi connectivity index (χ3n) is 3.40. The van der Waals surface area contributed by atoms with E-state index in [0.717, 1.165) is 18.7 Å². The van der Waals surface area contributed by atoms with E-state index in [2.05, 4.69) is 15.0 Å². The van der Waals surface area contributed by atoms with Crippen LogP contribution in [0.5, 0.6) is 0 Å². The van der Waals surface area contributed by atoms with E-state index in [1.165, 1.54) is 19.3 Å². The lowest BCUT2D eigenvalue weighted by Crippen LogP contribution is -2.15. The van der Waals surface area contributed by atoms with Gasteiger partial charge in [0.25, 0.3) is 6.43 Å². The van der Waals surface area contributed by atoms with E-state index in [0.29, 0.717) is 18.2 Å². The lowest BCUT2D eigenvalue weighted by molar-refractivity contribution is 0.0182. The minimum absolute atomic E-state index is 0.165. The van der Waals surface area contributed by atoms with Crippen molar-refractivity contribution in [1.82, 2.24) is 15.0 Å². The average Bonchev–Trinajstić information content (AvgIpc) is 2.44. The van der Waals surface area contributed by atoms with Gasteiger partial charge in [-0.25, -0.2) is 13.8 Å². The van der Waals surface area contributed by atoms with Crippen LogP contribution in [0.15, 0.2) is 0 Å². The van der Waals surface area contributed by atoms with Gasteiger partial charge in [0.2, 0.25) is 5.95 Å². The van der Waals surface area contributed by atoms with Crippen molar-refractivity contribution < 1.29 is 13.5 Å². The summed E-state index contributed by atoms with van der Waals surface area (Å²) in [4.78, 5) is 12.6. The highest BCUT2D eigenvalue weighted by Gasteiger charge is 2.19. The van der Waals surface area contributed by atoms with Crippen molar-refractivity contribution in [3.8, 4) is 0 Å². The largest absolute Gasteiger partial charge is 0.375 e. The number of nitrogen functional groups attached to an aromatic ring is 1. The number of hydrogen-bond acceptors (Lipinski definition) is 5. The summed E-state index contributed by atoms with van der Waals surface area (Å²) in [5, 5.41) is 0. The molecule has 1 heterocycles. The van der Waals surface area contributed by atoms with Crippen LogP contribution >= 0.6 is 0 Å². The Morgan fingerprint density at radius 2 is 1.90 bits per heavy atom.